The van der Waals surface area contributed by atoms with Gasteiger partial charge in [0.25, 0.3) is 0 Å². The van der Waals surface area contributed by atoms with Crippen LogP contribution in [-0.4, -0.2) is 52.0 Å². The number of tetrazole rings is 1. The summed E-state index contributed by atoms with van der Waals surface area (Å²) >= 11 is 1.23. The van der Waals surface area contributed by atoms with Crippen LogP contribution in [0.5, 0.6) is 0 Å². The van der Waals surface area contributed by atoms with E-state index < -0.39 is 5.97 Å². The molecule has 9 heteroatoms. The predicted molar refractivity (Wildman–Crippen MR) is 111 cm³/mol. The van der Waals surface area contributed by atoms with E-state index in [0.717, 1.165) is 16.8 Å². The zero-order chi connectivity index (χ0) is 21.0. The summed E-state index contributed by atoms with van der Waals surface area (Å²) in [6.07, 6.45) is 0. The van der Waals surface area contributed by atoms with Crippen LogP contribution in [0.2, 0.25) is 0 Å². The molecule has 0 bridgehead atoms. The normalized spacial score (nSPS) is 10.6. The number of esters is 1. The molecule has 1 heterocycles. The predicted octanol–water partition coefficient (Wildman–Crippen LogP) is 2.82. The zero-order valence-electron chi connectivity index (χ0n) is 16.6. The first-order valence-electron chi connectivity index (χ1n) is 8.85. The van der Waals surface area contributed by atoms with Crippen LogP contribution >= 0.6 is 11.8 Å². The maximum absolute atomic E-state index is 12.7. The van der Waals surface area contributed by atoms with Gasteiger partial charge in [0.15, 0.2) is 0 Å². The number of aromatic nitrogens is 4. The second kappa shape index (κ2) is 8.87. The van der Waals surface area contributed by atoms with Gasteiger partial charge in [0, 0.05) is 7.05 Å². The number of carbonyl (C=O) groups excluding carboxylic acids is 2. The molecule has 0 atom stereocenters. The molecular formula is C20H21N5O3S. The number of rotatable bonds is 6. The highest BCUT2D eigenvalue weighted by Crippen LogP contribution is 2.24. The van der Waals surface area contributed by atoms with Gasteiger partial charge in [-0.3, -0.25) is 4.79 Å². The molecule has 0 fully saturated rings. The Morgan fingerprint density at radius 1 is 1.14 bits per heavy atom. The summed E-state index contributed by atoms with van der Waals surface area (Å²) < 4.78 is 6.43. The third kappa shape index (κ3) is 4.29. The Balaban J connectivity index is 1.77. The molecule has 0 saturated heterocycles. The number of nitrogens with zero attached hydrogens (tertiary/aromatic N) is 5. The van der Waals surface area contributed by atoms with Crippen LogP contribution in [0.1, 0.15) is 21.5 Å². The summed E-state index contributed by atoms with van der Waals surface area (Å²) in [4.78, 5) is 26.2. The lowest BCUT2D eigenvalue weighted by Crippen LogP contribution is -2.29. The number of amides is 1. The Morgan fingerprint density at radius 2 is 1.90 bits per heavy atom. The summed E-state index contributed by atoms with van der Waals surface area (Å²) in [5.41, 5.74) is 3.88. The van der Waals surface area contributed by atoms with Crippen LogP contribution in [0.25, 0.3) is 5.69 Å². The largest absolute Gasteiger partial charge is 0.465 e. The monoisotopic (exact) mass is 411 g/mol. The lowest BCUT2D eigenvalue weighted by Gasteiger charge is -2.19. The Kier molecular flexibility index (Phi) is 6.28. The van der Waals surface area contributed by atoms with Crippen molar-refractivity contribution in [3.05, 3.63) is 59.2 Å². The van der Waals surface area contributed by atoms with E-state index in [-0.39, 0.29) is 11.7 Å². The number of para-hydroxylation sites is 1. The van der Waals surface area contributed by atoms with Crippen LogP contribution in [0.3, 0.4) is 0 Å². The first-order chi connectivity index (χ1) is 13.9. The van der Waals surface area contributed by atoms with E-state index in [2.05, 4.69) is 15.5 Å². The standard InChI is InChI=1S/C20H21N5O3S/c1-13-8-7-11-16(14(13)2)25-20(21-22-23-25)29-12-18(26)24(3)17-10-6-5-9-15(17)19(27)28-4/h5-11H,12H2,1-4H3. The van der Waals surface area contributed by atoms with Crippen LogP contribution in [0.4, 0.5) is 5.69 Å². The van der Waals surface area contributed by atoms with Crippen molar-refractivity contribution >= 4 is 29.3 Å². The molecule has 2 aromatic carbocycles. The molecule has 0 N–H and O–H groups in total. The average Bonchev–Trinajstić information content (AvgIpc) is 3.21. The van der Waals surface area contributed by atoms with Crippen molar-refractivity contribution in [2.75, 3.05) is 24.8 Å². The van der Waals surface area contributed by atoms with E-state index in [1.165, 1.54) is 23.8 Å². The van der Waals surface area contributed by atoms with E-state index in [0.29, 0.717) is 16.4 Å². The highest BCUT2D eigenvalue weighted by atomic mass is 32.2. The summed E-state index contributed by atoms with van der Waals surface area (Å²) in [5, 5.41) is 12.4. The molecule has 0 aliphatic carbocycles. The van der Waals surface area contributed by atoms with Gasteiger partial charge in [0.2, 0.25) is 11.1 Å². The Morgan fingerprint density at radius 3 is 2.66 bits per heavy atom. The van der Waals surface area contributed by atoms with Crippen LogP contribution in [0, 0.1) is 13.8 Å². The van der Waals surface area contributed by atoms with E-state index in [4.69, 9.17) is 4.74 Å². The Hall–Kier alpha value is -3.20. The minimum atomic E-state index is -0.494. The molecular weight excluding hydrogens is 390 g/mol. The van der Waals surface area contributed by atoms with E-state index >= 15 is 0 Å². The van der Waals surface area contributed by atoms with Gasteiger partial charge in [-0.1, -0.05) is 36.0 Å². The highest BCUT2D eigenvalue weighted by Gasteiger charge is 2.20. The topological polar surface area (TPSA) is 90.2 Å². The third-order valence-electron chi connectivity index (χ3n) is 4.61. The van der Waals surface area contributed by atoms with Gasteiger partial charge in [-0.25, -0.2) is 4.79 Å². The SMILES string of the molecule is COC(=O)c1ccccc1N(C)C(=O)CSc1nnnn1-c1cccc(C)c1C. The fourth-order valence-corrected chi connectivity index (χ4v) is 3.59. The maximum Gasteiger partial charge on any atom is 0.339 e. The van der Waals surface area contributed by atoms with Gasteiger partial charge < -0.3 is 9.64 Å². The van der Waals surface area contributed by atoms with Crippen LogP contribution < -0.4 is 4.90 Å². The summed E-state index contributed by atoms with van der Waals surface area (Å²) in [7, 11) is 2.93. The van der Waals surface area contributed by atoms with Crippen molar-refractivity contribution in [3.63, 3.8) is 0 Å². The second-order valence-corrected chi connectivity index (χ2v) is 7.28. The van der Waals surface area contributed by atoms with Gasteiger partial charge >= 0.3 is 5.97 Å². The number of aryl methyl sites for hydroxylation is 1. The fraction of sp³-hybridized carbons (Fsp3) is 0.250. The van der Waals surface area contributed by atoms with Gasteiger partial charge in [-0.05, 0) is 53.6 Å². The minimum absolute atomic E-state index is 0.108. The average molecular weight is 411 g/mol. The number of anilines is 1. The molecule has 8 nitrogen and oxygen atoms in total. The van der Waals surface area contributed by atoms with Crippen molar-refractivity contribution in [2.24, 2.45) is 0 Å². The second-order valence-electron chi connectivity index (χ2n) is 6.34. The number of ether oxygens (including phenoxy) is 1. The lowest BCUT2D eigenvalue weighted by molar-refractivity contribution is -0.115. The van der Waals surface area contributed by atoms with Crippen molar-refractivity contribution in [3.8, 4) is 5.69 Å². The molecule has 1 amide bonds. The van der Waals surface area contributed by atoms with Crippen molar-refractivity contribution in [2.45, 2.75) is 19.0 Å². The Bertz CT molecular complexity index is 1050. The van der Waals surface area contributed by atoms with Gasteiger partial charge in [0.05, 0.1) is 29.8 Å². The molecule has 0 saturated carbocycles. The first kappa shape index (κ1) is 20.5. The summed E-state index contributed by atoms with van der Waals surface area (Å²) in [6.45, 7) is 4.02. The van der Waals surface area contributed by atoms with Crippen molar-refractivity contribution in [1.29, 1.82) is 0 Å². The van der Waals surface area contributed by atoms with Gasteiger partial charge in [-0.15, -0.1) is 5.10 Å². The van der Waals surface area contributed by atoms with Crippen LogP contribution in [-0.2, 0) is 9.53 Å². The maximum atomic E-state index is 12.7. The third-order valence-corrected chi connectivity index (χ3v) is 5.52. The molecule has 29 heavy (non-hydrogen) atoms. The van der Waals surface area contributed by atoms with Crippen molar-refractivity contribution in [1.82, 2.24) is 20.2 Å². The van der Waals surface area contributed by atoms with Crippen molar-refractivity contribution < 1.29 is 14.3 Å². The molecule has 0 aliphatic heterocycles. The van der Waals surface area contributed by atoms with E-state index in [1.54, 1.807) is 36.0 Å². The molecule has 0 aliphatic rings. The zero-order valence-corrected chi connectivity index (χ0v) is 17.4. The lowest BCUT2D eigenvalue weighted by atomic mass is 10.1. The number of hydrogen-bond acceptors (Lipinski definition) is 7. The minimum Gasteiger partial charge on any atom is -0.465 e. The summed E-state index contributed by atoms with van der Waals surface area (Å²) in [5.74, 6) is -0.578. The molecule has 0 radical (unpaired) electrons. The molecule has 0 spiro atoms. The van der Waals surface area contributed by atoms with E-state index in [9.17, 15) is 9.59 Å². The van der Waals surface area contributed by atoms with E-state index in [1.807, 2.05) is 32.0 Å². The highest BCUT2D eigenvalue weighted by molar-refractivity contribution is 7.99. The molecule has 0 unspecified atom stereocenters. The molecule has 3 aromatic rings. The first-order valence-corrected chi connectivity index (χ1v) is 9.84. The molecule has 3 rings (SSSR count). The van der Waals surface area contributed by atoms with Gasteiger partial charge in [-0.2, -0.15) is 4.68 Å². The smallest absolute Gasteiger partial charge is 0.339 e. The molecule has 1 aromatic heterocycles. The number of thioether (sulfide) groups is 1. The quantitative estimate of drug-likeness (QED) is 0.455. The van der Waals surface area contributed by atoms with Gasteiger partial charge in [0.1, 0.15) is 0 Å². The fourth-order valence-electron chi connectivity index (χ4n) is 2.79. The number of carbonyl (C=O) groups is 2. The number of methoxy groups -OCH3 is 1. The summed E-state index contributed by atoms with van der Waals surface area (Å²) in [6, 6.07) is 12.7. The number of hydrogen-bond donors (Lipinski definition) is 0. The number of benzene rings is 2. The van der Waals surface area contributed by atoms with Crippen LogP contribution in [0.15, 0.2) is 47.6 Å². The molecule has 150 valence electrons. The Labute approximate surface area is 172 Å².